The van der Waals surface area contributed by atoms with Crippen molar-refractivity contribution >= 4 is 5.97 Å². The van der Waals surface area contributed by atoms with Gasteiger partial charge in [-0.2, -0.15) is 0 Å². The molecule has 0 aliphatic rings. The highest BCUT2D eigenvalue weighted by Gasteiger charge is 2.17. The van der Waals surface area contributed by atoms with Crippen LogP contribution in [0.25, 0.3) is 0 Å². The summed E-state index contributed by atoms with van der Waals surface area (Å²) in [4.78, 5) is 11.7. The van der Waals surface area contributed by atoms with E-state index in [1.807, 2.05) is 18.2 Å². The largest absolute Gasteiger partial charge is 0.452 e. The van der Waals surface area contributed by atoms with Gasteiger partial charge in [-0.15, -0.1) is 0 Å². The Morgan fingerprint density at radius 2 is 1.64 bits per heavy atom. The molecule has 0 saturated heterocycles. The molecule has 1 rings (SSSR count). The molecule has 0 amide bonds. The summed E-state index contributed by atoms with van der Waals surface area (Å²) in [5.41, 5.74) is 0.285. The minimum atomic E-state index is -0.875. The van der Waals surface area contributed by atoms with Crippen molar-refractivity contribution in [1.29, 1.82) is 0 Å². The molecule has 0 fully saturated rings. The van der Waals surface area contributed by atoms with Crippen molar-refractivity contribution in [2.75, 3.05) is 46.2 Å². The van der Waals surface area contributed by atoms with Crippen molar-refractivity contribution in [3.05, 3.63) is 42.5 Å². The number of para-hydroxylation sites is 1. The van der Waals surface area contributed by atoms with E-state index in [2.05, 4.69) is 6.58 Å². The van der Waals surface area contributed by atoms with Gasteiger partial charge in [0.2, 0.25) is 0 Å². The Hall–Kier alpha value is -1.93. The number of carbonyl (C=O) groups excluding carboxylic acids is 1. The third kappa shape index (κ3) is 10.5. The number of esters is 1. The first-order valence-electron chi connectivity index (χ1n) is 8.05. The highest BCUT2D eigenvalue weighted by atomic mass is 16.7. The Morgan fingerprint density at radius 1 is 1.04 bits per heavy atom. The standard InChI is InChI=1S/C18H26O7/c1-15(2)18(20)25-17(24-16-6-4-3-5-7-16)14-23-13-12-22-11-10-21-9-8-19/h3-7,17,19H,1,8-14H2,2H3. The molecule has 0 aromatic heterocycles. The van der Waals surface area contributed by atoms with Crippen LogP contribution in [-0.2, 0) is 23.7 Å². The van der Waals surface area contributed by atoms with Gasteiger partial charge in [0.15, 0.2) is 0 Å². The Balaban J connectivity index is 2.28. The topological polar surface area (TPSA) is 83.5 Å². The fourth-order valence-electron chi connectivity index (χ4n) is 1.65. The average molecular weight is 354 g/mol. The van der Waals surface area contributed by atoms with Crippen LogP contribution in [0, 0.1) is 0 Å². The minimum Gasteiger partial charge on any atom is -0.452 e. The Morgan fingerprint density at radius 3 is 2.24 bits per heavy atom. The molecule has 0 bridgehead atoms. The van der Waals surface area contributed by atoms with Crippen LogP contribution in [0.5, 0.6) is 5.75 Å². The predicted octanol–water partition coefficient (Wildman–Crippen LogP) is 1.55. The van der Waals surface area contributed by atoms with E-state index < -0.39 is 12.3 Å². The first-order chi connectivity index (χ1) is 12.1. The fourth-order valence-corrected chi connectivity index (χ4v) is 1.65. The van der Waals surface area contributed by atoms with E-state index >= 15 is 0 Å². The van der Waals surface area contributed by atoms with Crippen LogP contribution in [0.15, 0.2) is 42.5 Å². The maximum absolute atomic E-state index is 11.7. The zero-order valence-corrected chi connectivity index (χ0v) is 14.5. The first kappa shape index (κ1) is 21.1. The SMILES string of the molecule is C=C(C)C(=O)OC(COCCOCCOCCO)Oc1ccccc1. The average Bonchev–Trinajstić information content (AvgIpc) is 2.61. The van der Waals surface area contributed by atoms with E-state index in [-0.39, 0.29) is 18.8 Å². The van der Waals surface area contributed by atoms with Gasteiger partial charge in [-0.05, 0) is 19.1 Å². The second-order valence-electron chi connectivity index (χ2n) is 5.07. The molecule has 0 aliphatic carbocycles. The lowest BCUT2D eigenvalue weighted by Gasteiger charge is -2.19. The zero-order chi connectivity index (χ0) is 18.3. The maximum atomic E-state index is 11.7. The molecule has 7 heteroatoms. The van der Waals surface area contributed by atoms with Crippen molar-refractivity contribution in [3.63, 3.8) is 0 Å². The van der Waals surface area contributed by atoms with Crippen molar-refractivity contribution in [1.82, 2.24) is 0 Å². The fraction of sp³-hybridized carbons (Fsp3) is 0.500. The van der Waals surface area contributed by atoms with Crippen LogP contribution in [0.2, 0.25) is 0 Å². The summed E-state index contributed by atoms with van der Waals surface area (Å²) in [7, 11) is 0. The van der Waals surface area contributed by atoms with Gasteiger partial charge < -0.3 is 28.8 Å². The van der Waals surface area contributed by atoms with Gasteiger partial charge in [-0.1, -0.05) is 24.8 Å². The summed E-state index contributed by atoms with van der Waals surface area (Å²) in [6.07, 6.45) is -0.875. The maximum Gasteiger partial charge on any atom is 0.336 e. The number of ether oxygens (including phenoxy) is 5. The molecular formula is C18H26O7. The molecule has 140 valence electrons. The Bertz CT molecular complexity index is 489. The molecule has 1 N–H and O–H groups in total. The van der Waals surface area contributed by atoms with E-state index in [0.717, 1.165) is 0 Å². The van der Waals surface area contributed by atoms with Gasteiger partial charge in [0.1, 0.15) is 12.4 Å². The Labute approximate surface area is 148 Å². The second kappa shape index (κ2) is 13.4. The van der Waals surface area contributed by atoms with Crippen LogP contribution in [0.1, 0.15) is 6.92 Å². The van der Waals surface area contributed by atoms with Crippen LogP contribution in [0.4, 0.5) is 0 Å². The van der Waals surface area contributed by atoms with Gasteiger partial charge in [0, 0.05) is 5.57 Å². The van der Waals surface area contributed by atoms with Gasteiger partial charge in [0.25, 0.3) is 6.29 Å². The van der Waals surface area contributed by atoms with E-state index in [4.69, 9.17) is 28.8 Å². The molecule has 0 aliphatic heterocycles. The molecule has 1 atom stereocenters. The second-order valence-corrected chi connectivity index (χ2v) is 5.07. The molecular weight excluding hydrogens is 328 g/mol. The number of hydrogen-bond acceptors (Lipinski definition) is 7. The van der Waals surface area contributed by atoms with E-state index in [1.165, 1.54) is 0 Å². The van der Waals surface area contributed by atoms with Gasteiger partial charge in [-0.3, -0.25) is 0 Å². The molecule has 1 unspecified atom stereocenters. The summed E-state index contributed by atoms with van der Waals surface area (Å²) in [5, 5.41) is 8.55. The van der Waals surface area contributed by atoms with Crippen LogP contribution < -0.4 is 4.74 Å². The summed E-state index contributed by atoms with van der Waals surface area (Å²) in [6.45, 7) is 6.99. The summed E-state index contributed by atoms with van der Waals surface area (Å²) in [6, 6.07) is 9.02. The summed E-state index contributed by atoms with van der Waals surface area (Å²) < 4.78 is 26.6. The number of hydrogen-bond donors (Lipinski definition) is 1. The van der Waals surface area contributed by atoms with Gasteiger partial charge in [0.05, 0.1) is 39.6 Å². The van der Waals surface area contributed by atoms with Crippen molar-refractivity contribution in [3.8, 4) is 5.75 Å². The molecule has 0 saturated carbocycles. The number of rotatable bonds is 14. The monoisotopic (exact) mass is 354 g/mol. The summed E-state index contributed by atoms with van der Waals surface area (Å²) in [5.74, 6) is 0.0321. The lowest BCUT2D eigenvalue weighted by atomic mass is 10.3. The molecule has 1 aromatic carbocycles. The van der Waals surface area contributed by atoms with Gasteiger partial charge in [-0.25, -0.2) is 4.79 Å². The number of carbonyl (C=O) groups is 1. The first-order valence-corrected chi connectivity index (χ1v) is 8.05. The third-order valence-electron chi connectivity index (χ3n) is 2.83. The third-order valence-corrected chi connectivity index (χ3v) is 2.83. The van der Waals surface area contributed by atoms with Crippen molar-refractivity contribution < 1.29 is 33.6 Å². The highest BCUT2D eigenvalue weighted by molar-refractivity contribution is 5.87. The summed E-state index contributed by atoms with van der Waals surface area (Å²) >= 11 is 0. The number of aliphatic hydroxyl groups excluding tert-OH is 1. The zero-order valence-electron chi connectivity index (χ0n) is 14.5. The van der Waals surface area contributed by atoms with Crippen molar-refractivity contribution in [2.45, 2.75) is 13.2 Å². The van der Waals surface area contributed by atoms with E-state index in [1.54, 1.807) is 19.1 Å². The predicted molar refractivity (Wildman–Crippen MR) is 91.3 cm³/mol. The molecule has 0 heterocycles. The number of aliphatic hydroxyl groups is 1. The minimum absolute atomic E-state index is 0.00514. The van der Waals surface area contributed by atoms with Crippen LogP contribution in [0.3, 0.4) is 0 Å². The van der Waals surface area contributed by atoms with Crippen molar-refractivity contribution in [2.24, 2.45) is 0 Å². The normalized spacial score (nSPS) is 11.8. The van der Waals surface area contributed by atoms with Crippen LogP contribution in [-0.4, -0.2) is 63.6 Å². The van der Waals surface area contributed by atoms with Crippen LogP contribution >= 0.6 is 0 Å². The molecule has 25 heavy (non-hydrogen) atoms. The number of benzene rings is 1. The quantitative estimate of drug-likeness (QED) is 0.235. The van der Waals surface area contributed by atoms with Gasteiger partial charge >= 0.3 is 5.97 Å². The molecule has 0 spiro atoms. The van der Waals surface area contributed by atoms with E-state index in [0.29, 0.717) is 38.8 Å². The Kier molecular flexibility index (Phi) is 11.3. The highest BCUT2D eigenvalue weighted by Crippen LogP contribution is 2.12. The lowest BCUT2D eigenvalue weighted by Crippen LogP contribution is -2.30. The molecule has 7 nitrogen and oxygen atoms in total. The lowest BCUT2D eigenvalue weighted by molar-refractivity contribution is -0.167. The molecule has 0 radical (unpaired) electrons. The van der Waals surface area contributed by atoms with E-state index in [9.17, 15) is 4.79 Å². The smallest absolute Gasteiger partial charge is 0.336 e. The molecule has 1 aromatic rings.